The summed E-state index contributed by atoms with van der Waals surface area (Å²) in [5, 5.41) is 0. The quantitative estimate of drug-likeness (QED) is 0.821. The van der Waals surface area contributed by atoms with E-state index in [1.807, 2.05) is 19.0 Å². The zero-order valence-electron chi connectivity index (χ0n) is 12.8. The highest BCUT2D eigenvalue weighted by atomic mass is 16.2. The molecule has 0 bridgehead atoms. The number of carbonyl (C=O) groups excluding carboxylic acids is 1. The minimum absolute atomic E-state index is 0.103. The van der Waals surface area contributed by atoms with Crippen LogP contribution in [0.1, 0.15) is 0 Å². The molecule has 0 atom stereocenters. The summed E-state index contributed by atoms with van der Waals surface area (Å²) >= 11 is 0. The molecule has 1 aromatic rings. The Bertz CT molecular complexity index is 465. The van der Waals surface area contributed by atoms with Gasteiger partial charge in [0.15, 0.2) is 0 Å². The van der Waals surface area contributed by atoms with E-state index < -0.39 is 0 Å². The number of hydrogen-bond donors (Lipinski definition) is 0. The molecule has 1 aromatic carbocycles. The van der Waals surface area contributed by atoms with Crippen LogP contribution in [0.5, 0.6) is 0 Å². The third-order valence-electron chi connectivity index (χ3n) is 3.64. The fourth-order valence-electron chi connectivity index (χ4n) is 2.41. The van der Waals surface area contributed by atoms with Crippen molar-refractivity contribution in [1.29, 1.82) is 0 Å². The summed E-state index contributed by atoms with van der Waals surface area (Å²) in [7, 11) is 7.70. The molecule has 1 heterocycles. The molecule has 0 aliphatic carbocycles. The molecule has 1 aliphatic heterocycles. The summed E-state index contributed by atoms with van der Waals surface area (Å²) in [6, 6.07) is 8.63. The van der Waals surface area contributed by atoms with Gasteiger partial charge in [-0.3, -0.25) is 0 Å². The van der Waals surface area contributed by atoms with Crippen molar-refractivity contribution in [1.82, 2.24) is 9.80 Å². The molecule has 2 amide bonds. The Balaban J connectivity index is 2.00. The molecular weight excluding hydrogens is 252 g/mol. The first-order valence-electron chi connectivity index (χ1n) is 6.97. The van der Waals surface area contributed by atoms with E-state index in [-0.39, 0.29) is 6.03 Å². The van der Waals surface area contributed by atoms with Crippen LogP contribution in [0.3, 0.4) is 0 Å². The Kier molecular flexibility index (Phi) is 4.37. The van der Waals surface area contributed by atoms with Gasteiger partial charge in [0.05, 0.1) is 0 Å². The second kappa shape index (κ2) is 6.03. The van der Waals surface area contributed by atoms with E-state index in [2.05, 4.69) is 34.1 Å². The molecule has 5 nitrogen and oxygen atoms in total. The van der Waals surface area contributed by atoms with Crippen LogP contribution in [0.25, 0.3) is 0 Å². The van der Waals surface area contributed by atoms with Gasteiger partial charge in [-0.2, -0.15) is 0 Å². The van der Waals surface area contributed by atoms with Gasteiger partial charge in [-0.05, 0) is 18.2 Å². The van der Waals surface area contributed by atoms with E-state index in [4.69, 9.17) is 0 Å². The van der Waals surface area contributed by atoms with Gasteiger partial charge in [0.25, 0.3) is 0 Å². The summed E-state index contributed by atoms with van der Waals surface area (Å²) in [6.07, 6.45) is 0. The molecule has 5 heteroatoms. The second-order valence-corrected chi connectivity index (χ2v) is 5.57. The van der Waals surface area contributed by atoms with E-state index in [9.17, 15) is 4.79 Å². The van der Waals surface area contributed by atoms with Crippen LogP contribution < -0.4 is 9.80 Å². The molecule has 1 fully saturated rings. The number of anilines is 2. The lowest BCUT2D eigenvalue weighted by atomic mass is 10.2. The van der Waals surface area contributed by atoms with E-state index in [0.717, 1.165) is 26.2 Å². The lowest BCUT2D eigenvalue weighted by Crippen LogP contribution is -2.51. The van der Waals surface area contributed by atoms with E-state index >= 15 is 0 Å². The summed E-state index contributed by atoms with van der Waals surface area (Å²) < 4.78 is 0. The molecule has 20 heavy (non-hydrogen) atoms. The van der Waals surface area contributed by atoms with Crippen molar-refractivity contribution in [3.63, 3.8) is 0 Å². The minimum Gasteiger partial charge on any atom is -0.378 e. The molecular formula is C15H24N4O. The highest BCUT2D eigenvalue weighted by molar-refractivity contribution is 5.74. The first kappa shape index (κ1) is 14.5. The van der Waals surface area contributed by atoms with Gasteiger partial charge in [-0.15, -0.1) is 0 Å². The van der Waals surface area contributed by atoms with Crippen LogP contribution in [0.15, 0.2) is 24.3 Å². The number of benzene rings is 1. The fourth-order valence-corrected chi connectivity index (χ4v) is 2.41. The van der Waals surface area contributed by atoms with Crippen molar-refractivity contribution >= 4 is 17.4 Å². The maximum atomic E-state index is 11.9. The third-order valence-corrected chi connectivity index (χ3v) is 3.64. The van der Waals surface area contributed by atoms with Gasteiger partial charge in [0, 0.05) is 65.7 Å². The van der Waals surface area contributed by atoms with Crippen molar-refractivity contribution in [2.24, 2.45) is 0 Å². The lowest BCUT2D eigenvalue weighted by Gasteiger charge is -2.37. The average molecular weight is 276 g/mol. The van der Waals surface area contributed by atoms with E-state index in [0.29, 0.717) is 0 Å². The van der Waals surface area contributed by atoms with Gasteiger partial charge in [0.2, 0.25) is 0 Å². The first-order valence-corrected chi connectivity index (χ1v) is 6.97. The van der Waals surface area contributed by atoms with Gasteiger partial charge < -0.3 is 19.6 Å². The van der Waals surface area contributed by atoms with E-state index in [1.54, 1.807) is 19.0 Å². The number of hydrogen-bond acceptors (Lipinski definition) is 3. The van der Waals surface area contributed by atoms with Crippen LogP contribution in [0, 0.1) is 0 Å². The van der Waals surface area contributed by atoms with Crippen LogP contribution in [0.4, 0.5) is 16.2 Å². The smallest absolute Gasteiger partial charge is 0.319 e. The molecule has 0 spiro atoms. The molecule has 0 aromatic heterocycles. The molecule has 1 saturated heterocycles. The maximum absolute atomic E-state index is 11.9. The summed E-state index contributed by atoms with van der Waals surface area (Å²) in [6.45, 7) is 3.33. The number of amides is 2. The Morgan fingerprint density at radius 2 is 1.70 bits per heavy atom. The number of rotatable bonds is 2. The zero-order valence-corrected chi connectivity index (χ0v) is 12.8. The van der Waals surface area contributed by atoms with Crippen molar-refractivity contribution in [3.8, 4) is 0 Å². The normalized spacial score (nSPS) is 15.2. The Hall–Kier alpha value is -1.91. The molecule has 2 rings (SSSR count). The Morgan fingerprint density at radius 3 is 2.25 bits per heavy atom. The monoisotopic (exact) mass is 276 g/mol. The summed E-state index contributed by atoms with van der Waals surface area (Å²) in [5.74, 6) is 0. The average Bonchev–Trinajstić information content (AvgIpc) is 2.46. The highest BCUT2D eigenvalue weighted by Gasteiger charge is 2.22. The molecule has 110 valence electrons. The van der Waals surface area contributed by atoms with Crippen molar-refractivity contribution in [2.75, 3.05) is 64.2 Å². The molecule has 1 aliphatic rings. The maximum Gasteiger partial charge on any atom is 0.319 e. The number of urea groups is 1. The molecule has 0 unspecified atom stereocenters. The predicted octanol–water partition coefficient (Wildman–Crippen LogP) is 1.56. The third kappa shape index (κ3) is 3.15. The summed E-state index contributed by atoms with van der Waals surface area (Å²) in [5.41, 5.74) is 2.43. The van der Waals surface area contributed by atoms with Crippen molar-refractivity contribution in [3.05, 3.63) is 24.3 Å². The van der Waals surface area contributed by atoms with E-state index in [1.165, 1.54) is 11.4 Å². The zero-order chi connectivity index (χ0) is 14.7. The summed E-state index contributed by atoms with van der Waals surface area (Å²) in [4.78, 5) is 19.9. The SMILES string of the molecule is CN(C)C(=O)N1CCN(c2cccc(N(C)C)c2)CC1. The van der Waals surface area contributed by atoms with Gasteiger partial charge in [-0.1, -0.05) is 6.07 Å². The largest absolute Gasteiger partial charge is 0.378 e. The Morgan fingerprint density at radius 1 is 1.05 bits per heavy atom. The topological polar surface area (TPSA) is 30.0 Å². The van der Waals surface area contributed by atoms with Crippen molar-refractivity contribution < 1.29 is 4.79 Å². The van der Waals surface area contributed by atoms with Gasteiger partial charge in [0.1, 0.15) is 0 Å². The van der Waals surface area contributed by atoms with Crippen LogP contribution >= 0.6 is 0 Å². The van der Waals surface area contributed by atoms with Crippen LogP contribution in [-0.4, -0.2) is 70.2 Å². The van der Waals surface area contributed by atoms with Crippen molar-refractivity contribution in [2.45, 2.75) is 0 Å². The minimum atomic E-state index is 0.103. The Labute approximate surface area is 121 Å². The molecule has 0 N–H and O–H groups in total. The fraction of sp³-hybridized carbons (Fsp3) is 0.533. The number of nitrogens with zero attached hydrogens (tertiary/aromatic N) is 4. The standard InChI is InChI=1S/C15H24N4O/c1-16(2)13-6-5-7-14(12-13)18-8-10-19(11-9-18)15(20)17(3)4/h5-7,12H,8-11H2,1-4H3. The first-order chi connectivity index (χ1) is 9.49. The number of piperazine rings is 1. The molecule has 0 saturated carbocycles. The number of carbonyl (C=O) groups is 1. The second-order valence-electron chi connectivity index (χ2n) is 5.57. The van der Waals surface area contributed by atoms with Gasteiger partial charge in [-0.25, -0.2) is 4.79 Å². The highest BCUT2D eigenvalue weighted by Crippen LogP contribution is 2.22. The van der Waals surface area contributed by atoms with Crippen LogP contribution in [0.2, 0.25) is 0 Å². The lowest BCUT2D eigenvalue weighted by molar-refractivity contribution is 0.168. The predicted molar refractivity (Wildman–Crippen MR) is 83.6 cm³/mol. The molecule has 0 radical (unpaired) electrons. The van der Waals surface area contributed by atoms with Gasteiger partial charge >= 0.3 is 6.03 Å². The van der Waals surface area contributed by atoms with Crippen LogP contribution in [-0.2, 0) is 0 Å².